The van der Waals surface area contributed by atoms with Gasteiger partial charge in [-0.05, 0) is 6.92 Å². The number of halogens is 2. The number of carbonyl (C=O) groups is 1. The predicted octanol–water partition coefficient (Wildman–Crippen LogP) is 1.51. The van der Waals surface area contributed by atoms with Crippen molar-refractivity contribution in [1.82, 2.24) is 0 Å². The van der Waals surface area contributed by atoms with Crippen LogP contribution in [-0.4, -0.2) is 16.9 Å². The molecule has 8 heavy (non-hydrogen) atoms. The molecule has 0 heterocycles. The third-order valence-electron chi connectivity index (χ3n) is 0.544. The first kappa shape index (κ1) is 8.24. The Balaban J connectivity index is 3.82. The molecule has 0 aliphatic carbocycles. The highest BCUT2D eigenvalue weighted by atomic mass is 79.9. The van der Waals surface area contributed by atoms with Gasteiger partial charge in [0.2, 0.25) is 0 Å². The number of hydrogen-bond acceptors (Lipinski definition) is 2. The summed E-state index contributed by atoms with van der Waals surface area (Å²) in [6.07, 6.45) is 0. The first-order valence-corrected chi connectivity index (χ1v) is 3.12. The van der Waals surface area contributed by atoms with Crippen LogP contribution in [0.5, 0.6) is 0 Å². The molecule has 0 amide bonds. The molecule has 1 atom stereocenters. The second-order valence-electron chi connectivity index (χ2n) is 1.38. The predicted molar refractivity (Wildman–Crippen MR) is 35.2 cm³/mol. The van der Waals surface area contributed by atoms with Gasteiger partial charge in [-0.15, -0.1) is 0 Å². The Morgan fingerprint density at radius 2 is 2.25 bits per heavy atom. The van der Waals surface area contributed by atoms with Crippen LogP contribution in [0.3, 0.4) is 0 Å². The lowest BCUT2D eigenvalue weighted by Crippen LogP contribution is -2.22. The molecule has 48 valence electrons. The topological polar surface area (TPSA) is 26.3 Å². The summed E-state index contributed by atoms with van der Waals surface area (Å²) in [5.74, 6) is -0.487. The number of methoxy groups -OCH3 is 1. The molecular formula is C4H6BrClO2. The SMILES string of the molecule is COC(=O)C(C)(Cl)Br. The summed E-state index contributed by atoms with van der Waals surface area (Å²) in [6.45, 7) is 1.50. The number of carbonyl (C=O) groups excluding carboxylic acids is 1. The van der Waals surface area contributed by atoms with Gasteiger partial charge in [0.25, 0.3) is 0 Å². The van der Waals surface area contributed by atoms with Crippen molar-refractivity contribution < 1.29 is 9.53 Å². The second kappa shape index (κ2) is 2.69. The highest BCUT2D eigenvalue weighted by Crippen LogP contribution is 2.23. The molecule has 0 rings (SSSR count). The maximum Gasteiger partial charge on any atom is 0.337 e. The smallest absolute Gasteiger partial charge is 0.337 e. The van der Waals surface area contributed by atoms with Crippen LogP contribution in [0.2, 0.25) is 0 Å². The summed E-state index contributed by atoms with van der Waals surface area (Å²) < 4.78 is 3.23. The lowest BCUT2D eigenvalue weighted by Gasteiger charge is -2.08. The summed E-state index contributed by atoms with van der Waals surface area (Å²) in [4.78, 5) is 10.4. The van der Waals surface area contributed by atoms with Crippen molar-refractivity contribution >= 4 is 33.5 Å². The van der Waals surface area contributed by atoms with Crippen LogP contribution in [0, 0.1) is 0 Å². The van der Waals surface area contributed by atoms with Gasteiger partial charge in [-0.2, -0.15) is 0 Å². The lowest BCUT2D eigenvalue weighted by molar-refractivity contribution is -0.140. The lowest BCUT2D eigenvalue weighted by atomic mass is 10.5. The summed E-state index contributed by atoms with van der Waals surface area (Å²) in [6, 6.07) is 0. The van der Waals surface area contributed by atoms with Gasteiger partial charge < -0.3 is 4.74 Å². The second-order valence-corrected chi connectivity index (χ2v) is 4.18. The van der Waals surface area contributed by atoms with E-state index in [1.165, 1.54) is 14.0 Å². The average Bonchev–Trinajstić information content (AvgIpc) is 1.62. The van der Waals surface area contributed by atoms with E-state index in [-0.39, 0.29) is 0 Å². The zero-order valence-corrected chi connectivity index (χ0v) is 6.91. The Morgan fingerprint density at radius 1 is 1.88 bits per heavy atom. The van der Waals surface area contributed by atoms with Crippen LogP contribution in [-0.2, 0) is 9.53 Å². The minimum Gasteiger partial charge on any atom is -0.467 e. The Morgan fingerprint density at radius 3 is 2.25 bits per heavy atom. The van der Waals surface area contributed by atoms with Crippen molar-refractivity contribution in [1.29, 1.82) is 0 Å². The Bertz CT molecular complexity index is 96.7. The molecule has 0 spiro atoms. The number of ether oxygens (including phenoxy) is 1. The van der Waals surface area contributed by atoms with Gasteiger partial charge in [-0.1, -0.05) is 27.5 Å². The summed E-state index contributed by atoms with van der Waals surface area (Å²) >= 11 is 8.32. The highest BCUT2D eigenvalue weighted by Gasteiger charge is 2.27. The van der Waals surface area contributed by atoms with Gasteiger partial charge in [0.1, 0.15) is 0 Å². The van der Waals surface area contributed by atoms with Gasteiger partial charge in [0, 0.05) is 0 Å². The number of hydrogen-bond donors (Lipinski definition) is 0. The molecule has 1 unspecified atom stereocenters. The molecular weight excluding hydrogens is 195 g/mol. The number of alkyl halides is 2. The molecule has 0 aliphatic rings. The maximum absolute atomic E-state index is 10.4. The standard InChI is InChI=1S/C4H6BrClO2/c1-4(5,6)3(7)8-2/h1-2H3. The van der Waals surface area contributed by atoms with E-state index in [9.17, 15) is 4.79 Å². The molecule has 0 fully saturated rings. The van der Waals surface area contributed by atoms with Crippen LogP contribution in [0.25, 0.3) is 0 Å². The van der Waals surface area contributed by atoms with E-state index in [2.05, 4.69) is 20.7 Å². The molecule has 0 aromatic heterocycles. The summed E-state index contributed by atoms with van der Waals surface area (Å²) in [7, 11) is 1.28. The molecule has 0 aliphatic heterocycles. The van der Waals surface area contributed by atoms with Crippen molar-refractivity contribution in [3.05, 3.63) is 0 Å². The van der Waals surface area contributed by atoms with E-state index in [1.807, 2.05) is 0 Å². The summed E-state index contributed by atoms with van der Waals surface area (Å²) in [5, 5.41) is 0. The van der Waals surface area contributed by atoms with E-state index in [1.54, 1.807) is 0 Å². The van der Waals surface area contributed by atoms with Crippen molar-refractivity contribution in [2.45, 2.75) is 10.7 Å². The van der Waals surface area contributed by atoms with Crippen molar-refractivity contribution in [2.75, 3.05) is 7.11 Å². The van der Waals surface area contributed by atoms with Crippen LogP contribution >= 0.6 is 27.5 Å². The van der Waals surface area contributed by atoms with Crippen LogP contribution < -0.4 is 0 Å². The minimum atomic E-state index is -1.07. The quantitative estimate of drug-likeness (QED) is 0.475. The van der Waals surface area contributed by atoms with Gasteiger partial charge >= 0.3 is 5.97 Å². The minimum absolute atomic E-state index is 0.487. The molecule has 0 radical (unpaired) electrons. The fourth-order valence-corrected chi connectivity index (χ4v) is 0.418. The zero-order chi connectivity index (χ0) is 6.78. The molecule has 4 heteroatoms. The molecule has 0 N–H and O–H groups in total. The largest absolute Gasteiger partial charge is 0.467 e. The van der Waals surface area contributed by atoms with Crippen molar-refractivity contribution in [2.24, 2.45) is 0 Å². The maximum atomic E-state index is 10.4. The summed E-state index contributed by atoms with van der Waals surface area (Å²) in [5.41, 5.74) is 0. The Kier molecular flexibility index (Phi) is 2.77. The molecule has 0 aromatic carbocycles. The molecule has 0 bridgehead atoms. The van der Waals surface area contributed by atoms with Crippen molar-refractivity contribution in [3.63, 3.8) is 0 Å². The van der Waals surface area contributed by atoms with E-state index < -0.39 is 9.75 Å². The fraction of sp³-hybridized carbons (Fsp3) is 0.750. The van der Waals surface area contributed by atoms with Crippen LogP contribution in [0.15, 0.2) is 0 Å². The first-order chi connectivity index (χ1) is 3.48. The van der Waals surface area contributed by atoms with Gasteiger partial charge in [0.15, 0.2) is 3.78 Å². The van der Waals surface area contributed by atoms with Crippen LogP contribution in [0.1, 0.15) is 6.92 Å². The fourth-order valence-electron chi connectivity index (χ4n) is 0.179. The normalized spacial score (nSPS) is 17.0. The monoisotopic (exact) mass is 200 g/mol. The third kappa shape index (κ3) is 2.52. The van der Waals surface area contributed by atoms with Crippen molar-refractivity contribution in [3.8, 4) is 0 Å². The molecule has 2 nitrogen and oxygen atoms in total. The van der Waals surface area contributed by atoms with Gasteiger partial charge in [-0.25, -0.2) is 4.79 Å². The zero-order valence-electron chi connectivity index (χ0n) is 4.57. The molecule has 0 saturated carbocycles. The van der Waals surface area contributed by atoms with Crippen LogP contribution in [0.4, 0.5) is 0 Å². The van der Waals surface area contributed by atoms with E-state index in [0.29, 0.717) is 0 Å². The molecule has 0 aromatic rings. The third-order valence-corrected chi connectivity index (χ3v) is 1.02. The highest BCUT2D eigenvalue weighted by molar-refractivity contribution is 9.10. The van der Waals surface area contributed by atoms with E-state index in [0.717, 1.165) is 0 Å². The van der Waals surface area contributed by atoms with Gasteiger partial charge in [-0.3, -0.25) is 0 Å². The number of rotatable bonds is 1. The Labute approximate surface area is 61.3 Å². The molecule has 0 saturated heterocycles. The Hall–Kier alpha value is 0.240. The number of esters is 1. The first-order valence-electron chi connectivity index (χ1n) is 1.94. The van der Waals surface area contributed by atoms with E-state index in [4.69, 9.17) is 11.6 Å². The average molecular weight is 201 g/mol. The van der Waals surface area contributed by atoms with E-state index >= 15 is 0 Å². The van der Waals surface area contributed by atoms with Gasteiger partial charge in [0.05, 0.1) is 7.11 Å².